The second-order valence-corrected chi connectivity index (χ2v) is 6.45. The van der Waals surface area contributed by atoms with Crippen LogP contribution in [0.4, 0.5) is 11.4 Å². The molecule has 0 aliphatic heterocycles. The van der Waals surface area contributed by atoms with Crippen molar-refractivity contribution >= 4 is 35.7 Å². The van der Waals surface area contributed by atoms with E-state index in [0.717, 1.165) is 44.9 Å². The maximum absolute atomic E-state index is 9.83. The molecule has 0 spiro atoms. The van der Waals surface area contributed by atoms with Gasteiger partial charge in [0.25, 0.3) is 0 Å². The molecule has 0 bridgehead atoms. The van der Waals surface area contributed by atoms with E-state index in [1.54, 1.807) is 7.11 Å². The number of ether oxygens (including phenoxy) is 1. The summed E-state index contributed by atoms with van der Waals surface area (Å²) in [6, 6.07) is 19.1. The van der Waals surface area contributed by atoms with Gasteiger partial charge in [-0.3, -0.25) is 0 Å². The van der Waals surface area contributed by atoms with Gasteiger partial charge in [-0.25, -0.2) is 0 Å². The number of nitrogen functional groups attached to an aromatic ring is 2. The molecule has 0 unspecified atom stereocenters. The van der Waals surface area contributed by atoms with E-state index in [2.05, 4.69) is 0 Å². The van der Waals surface area contributed by atoms with Crippen molar-refractivity contribution in [3.8, 4) is 5.75 Å². The highest BCUT2D eigenvalue weighted by molar-refractivity contribution is 5.78. The molecule has 0 aromatic heterocycles. The maximum Gasteiger partial charge on any atom is 0.126 e. The maximum atomic E-state index is 9.83. The van der Waals surface area contributed by atoms with Crippen molar-refractivity contribution in [1.82, 2.24) is 0 Å². The number of methoxy groups -OCH3 is 1. The summed E-state index contributed by atoms with van der Waals surface area (Å²) >= 11 is 0. The normalized spacial score (nSPS) is 11.4. The molecule has 0 aliphatic rings. The van der Waals surface area contributed by atoms with Gasteiger partial charge in [-0.05, 0) is 58.7 Å². The van der Waals surface area contributed by atoms with Crippen LogP contribution < -0.4 is 16.2 Å². The van der Waals surface area contributed by atoms with Crippen LogP contribution in [0.3, 0.4) is 0 Å². The lowest BCUT2D eigenvalue weighted by Crippen LogP contribution is -1.94. The van der Waals surface area contributed by atoms with E-state index >= 15 is 0 Å². The van der Waals surface area contributed by atoms with Crippen LogP contribution in [-0.4, -0.2) is 12.2 Å². The molecule has 0 radical (unpaired) electrons. The molecule has 3 rings (SSSR count). The van der Waals surface area contributed by atoms with Crippen LogP contribution in [0.15, 0.2) is 60.7 Å². The third-order valence-electron chi connectivity index (χ3n) is 4.45. The van der Waals surface area contributed by atoms with Crippen molar-refractivity contribution in [2.24, 2.45) is 0 Å². The third kappa shape index (κ3) is 4.81. The zero-order chi connectivity index (χ0) is 19.9. The van der Waals surface area contributed by atoms with Crippen LogP contribution in [0, 0.1) is 0 Å². The molecule has 0 heterocycles. The summed E-state index contributed by atoms with van der Waals surface area (Å²) in [5.41, 5.74) is 17.6. The molecule has 0 saturated carbocycles. The molecular weight excluding hydrogens is 348 g/mol. The van der Waals surface area contributed by atoms with Gasteiger partial charge < -0.3 is 21.3 Å². The lowest BCUT2D eigenvalue weighted by Gasteiger charge is -2.11. The fraction of sp³-hybridized carbons (Fsp3) is 0.0833. The minimum atomic E-state index is -0.0614. The van der Waals surface area contributed by atoms with E-state index in [4.69, 9.17) is 16.2 Å². The van der Waals surface area contributed by atoms with Gasteiger partial charge in [-0.1, -0.05) is 48.6 Å². The van der Waals surface area contributed by atoms with E-state index in [-0.39, 0.29) is 6.61 Å². The molecule has 3 aromatic rings. The Balaban J connectivity index is 1.90. The van der Waals surface area contributed by atoms with Crippen LogP contribution in [0.5, 0.6) is 5.75 Å². The summed E-state index contributed by atoms with van der Waals surface area (Å²) in [5.74, 6) is 0.737. The minimum absolute atomic E-state index is 0.0614. The van der Waals surface area contributed by atoms with Crippen molar-refractivity contribution in [2.75, 3.05) is 18.6 Å². The van der Waals surface area contributed by atoms with E-state index in [0.29, 0.717) is 0 Å². The molecule has 4 heteroatoms. The van der Waals surface area contributed by atoms with Crippen LogP contribution in [0.1, 0.15) is 27.8 Å². The predicted octanol–water partition coefficient (Wildman–Crippen LogP) is 4.69. The first-order valence-corrected chi connectivity index (χ1v) is 8.98. The van der Waals surface area contributed by atoms with Gasteiger partial charge in [0, 0.05) is 16.9 Å². The first kappa shape index (κ1) is 19.3. The second-order valence-electron chi connectivity index (χ2n) is 6.45. The average Bonchev–Trinajstić information content (AvgIpc) is 2.72. The van der Waals surface area contributed by atoms with Crippen LogP contribution >= 0.6 is 0 Å². The SMILES string of the molecule is COc1cc(/C=C/c2ccc(N)cc2)c(CO)cc1/C=C/c1ccc(N)cc1. The molecule has 0 atom stereocenters. The number of hydrogen-bond donors (Lipinski definition) is 3. The first-order valence-electron chi connectivity index (χ1n) is 8.98. The Morgan fingerprint density at radius 1 is 0.750 bits per heavy atom. The number of anilines is 2. The molecule has 142 valence electrons. The predicted molar refractivity (Wildman–Crippen MR) is 118 cm³/mol. The van der Waals surface area contributed by atoms with Gasteiger partial charge in [0.05, 0.1) is 13.7 Å². The highest BCUT2D eigenvalue weighted by atomic mass is 16.5. The van der Waals surface area contributed by atoms with E-state index in [1.165, 1.54) is 0 Å². The third-order valence-corrected chi connectivity index (χ3v) is 4.45. The summed E-state index contributed by atoms with van der Waals surface area (Å²) < 4.78 is 5.56. The summed E-state index contributed by atoms with van der Waals surface area (Å²) in [5, 5.41) is 9.83. The number of rotatable bonds is 6. The highest BCUT2D eigenvalue weighted by Gasteiger charge is 2.07. The van der Waals surface area contributed by atoms with E-state index in [1.807, 2.05) is 85.0 Å². The lowest BCUT2D eigenvalue weighted by molar-refractivity contribution is 0.281. The largest absolute Gasteiger partial charge is 0.496 e. The smallest absolute Gasteiger partial charge is 0.126 e. The summed E-state index contributed by atoms with van der Waals surface area (Å²) in [7, 11) is 1.64. The Bertz CT molecular complexity index is 905. The molecule has 28 heavy (non-hydrogen) atoms. The van der Waals surface area contributed by atoms with Crippen LogP contribution in [-0.2, 0) is 6.61 Å². The zero-order valence-electron chi connectivity index (χ0n) is 15.8. The minimum Gasteiger partial charge on any atom is -0.496 e. The Kier molecular flexibility index (Phi) is 6.14. The number of nitrogens with two attached hydrogens (primary N) is 2. The molecule has 0 amide bonds. The quantitative estimate of drug-likeness (QED) is 0.433. The Labute approximate surface area is 165 Å². The number of hydrogen-bond acceptors (Lipinski definition) is 4. The average molecular weight is 372 g/mol. The summed E-state index contributed by atoms with van der Waals surface area (Å²) in [4.78, 5) is 0. The van der Waals surface area contributed by atoms with Crippen LogP contribution in [0.2, 0.25) is 0 Å². The molecule has 3 aromatic carbocycles. The van der Waals surface area contributed by atoms with Gasteiger partial charge in [0.1, 0.15) is 5.75 Å². The highest BCUT2D eigenvalue weighted by Crippen LogP contribution is 2.27. The van der Waals surface area contributed by atoms with Gasteiger partial charge in [-0.2, -0.15) is 0 Å². The fourth-order valence-corrected chi connectivity index (χ4v) is 2.84. The molecular formula is C24H24N2O2. The van der Waals surface area contributed by atoms with Gasteiger partial charge in [-0.15, -0.1) is 0 Å². The zero-order valence-corrected chi connectivity index (χ0v) is 15.8. The van der Waals surface area contributed by atoms with Crippen molar-refractivity contribution in [2.45, 2.75) is 6.61 Å². The van der Waals surface area contributed by atoms with Gasteiger partial charge in [0.15, 0.2) is 0 Å². The van der Waals surface area contributed by atoms with Crippen molar-refractivity contribution in [3.63, 3.8) is 0 Å². The molecule has 0 aliphatic carbocycles. The van der Waals surface area contributed by atoms with E-state index < -0.39 is 0 Å². The second kappa shape index (κ2) is 8.93. The molecule has 5 N–H and O–H groups in total. The molecule has 0 saturated heterocycles. The Morgan fingerprint density at radius 2 is 1.25 bits per heavy atom. The van der Waals surface area contributed by atoms with Crippen molar-refractivity contribution in [1.29, 1.82) is 0 Å². The topological polar surface area (TPSA) is 81.5 Å². The number of benzene rings is 3. The molecule has 0 fully saturated rings. The van der Waals surface area contributed by atoms with E-state index in [9.17, 15) is 5.11 Å². The molecule has 4 nitrogen and oxygen atoms in total. The fourth-order valence-electron chi connectivity index (χ4n) is 2.84. The van der Waals surface area contributed by atoms with Gasteiger partial charge in [0.2, 0.25) is 0 Å². The monoisotopic (exact) mass is 372 g/mol. The lowest BCUT2D eigenvalue weighted by atomic mass is 10.0. The summed E-state index contributed by atoms with van der Waals surface area (Å²) in [6.07, 6.45) is 7.91. The number of aliphatic hydroxyl groups is 1. The van der Waals surface area contributed by atoms with Crippen LogP contribution in [0.25, 0.3) is 24.3 Å². The van der Waals surface area contributed by atoms with Crippen molar-refractivity contribution in [3.05, 3.63) is 88.5 Å². The van der Waals surface area contributed by atoms with Crippen molar-refractivity contribution < 1.29 is 9.84 Å². The van der Waals surface area contributed by atoms with Gasteiger partial charge >= 0.3 is 0 Å². The summed E-state index contributed by atoms with van der Waals surface area (Å²) in [6.45, 7) is -0.0614. The Morgan fingerprint density at radius 3 is 1.71 bits per heavy atom. The number of aliphatic hydroxyl groups excluding tert-OH is 1. The Hall–Kier alpha value is -3.50. The first-order chi connectivity index (χ1) is 13.6. The standard InChI is InChI=1S/C24H24N2O2/c1-28-24-15-19(8-2-17-4-10-22(25)11-5-17)21(16-27)14-20(24)9-3-18-6-12-23(26)13-7-18/h2-15,27H,16,25-26H2,1H3/b8-2+,9-3+.